The van der Waals surface area contributed by atoms with E-state index in [2.05, 4.69) is 4.98 Å². The molecule has 7 nitrogen and oxygen atoms in total. The summed E-state index contributed by atoms with van der Waals surface area (Å²) in [5, 5.41) is 0.343. The van der Waals surface area contributed by atoms with Crippen molar-refractivity contribution in [2.24, 2.45) is 19.5 Å². The molecule has 0 radical (unpaired) electrons. The number of aromatic nitrogens is 3. The van der Waals surface area contributed by atoms with Crippen molar-refractivity contribution in [3.63, 3.8) is 0 Å². The molecule has 0 fully saturated rings. The number of carbonyl (C=O) groups excluding carboxylic acids is 1. The highest BCUT2D eigenvalue weighted by Crippen LogP contribution is 2.39. The summed E-state index contributed by atoms with van der Waals surface area (Å²) >= 11 is 0. The van der Waals surface area contributed by atoms with Gasteiger partial charge in [0.15, 0.2) is 5.78 Å². The predicted molar refractivity (Wildman–Crippen MR) is 114 cm³/mol. The third kappa shape index (κ3) is 3.05. The average Bonchev–Trinajstić information content (AvgIpc) is 2.69. The number of H-pyrrole nitrogens is 1. The van der Waals surface area contributed by atoms with Gasteiger partial charge in [0.1, 0.15) is 16.8 Å². The van der Waals surface area contributed by atoms with Gasteiger partial charge in [0.2, 0.25) is 0 Å². The topological polar surface area (TPSA) is 84.4 Å². The maximum absolute atomic E-state index is 13.2. The lowest BCUT2D eigenvalue weighted by Crippen LogP contribution is -2.42. The van der Waals surface area contributed by atoms with Gasteiger partial charge in [-0.15, -0.1) is 0 Å². The normalized spacial score (nSPS) is 15.3. The zero-order chi connectivity index (χ0) is 21.8. The van der Waals surface area contributed by atoms with Crippen molar-refractivity contribution < 1.29 is 14.5 Å². The molecule has 0 bridgehead atoms. The Labute approximate surface area is 173 Å². The third-order valence-electron chi connectivity index (χ3n) is 5.76. The Morgan fingerprint density at radius 2 is 1.67 bits per heavy atom. The third-order valence-corrected chi connectivity index (χ3v) is 5.76. The van der Waals surface area contributed by atoms with Gasteiger partial charge in [-0.05, 0) is 30.0 Å². The molecular formula is C23H26N3O4+. The zero-order valence-electron chi connectivity index (χ0n) is 18.0. The number of aromatic amines is 1. The number of pyridine rings is 1. The number of fused-ring (bicyclic) bond motifs is 2. The van der Waals surface area contributed by atoms with Crippen molar-refractivity contribution in [1.82, 2.24) is 9.13 Å². The van der Waals surface area contributed by atoms with Gasteiger partial charge in [-0.2, -0.15) is 4.57 Å². The first kappa shape index (κ1) is 20.1. The van der Waals surface area contributed by atoms with Crippen LogP contribution < -0.4 is 21.0 Å². The minimum absolute atomic E-state index is 0.000749. The number of rotatable bonds is 3. The van der Waals surface area contributed by atoms with Crippen LogP contribution in [-0.2, 0) is 20.5 Å². The lowest BCUT2D eigenvalue weighted by Gasteiger charge is -2.29. The second-order valence-electron chi connectivity index (χ2n) is 8.68. The van der Waals surface area contributed by atoms with Crippen molar-refractivity contribution in [2.45, 2.75) is 33.6 Å². The van der Waals surface area contributed by atoms with Gasteiger partial charge >= 0.3 is 5.69 Å². The Hall–Kier alpha value is -3.22. The number of ketones is 1. The maximum Gasteiger partial charge on any atom is 0.417 e. The fourth-order valence-electron chi connectivity index (χ4n) is 4.37. The van der Waals surface area contributed by atoms with Crippen LogP contribution in [0.4, 0.5) is 0 Å². The monoisotopic (exact) mass is 408 g/mol. The van der Waals surface area contributed by atoms with Crippen LogP contribution in [0.3, 0.4) is 0 Å². The quantitative estimate of drug-likeness (QED) is 0.666. The first-order chi connectivity index (χ1) is 14.1. The molecule has 0 spiro atoms. The van der Waals surface area contributed by atoms with Crippen molar-refractivity contribution in [3.05, 3.63) is 56.4 Å². The molecule has 1 aliphatic carbocycles. The fourth-order valence-corrected chi connectivity index (χ4v) is 4.37. The molecule has 0 saturated carbocycles. The molecule has 7 heteroatoms. The van der Waals surface area contributed by atoms with Crippen LogP contribution in [0.15, 0.2) is 33.9 Å². The molecule has 30 heavy (non-hydrogen) atoms. The molecule has 0 unspecified atom stereocenters. The first-order valence-corrected chi connectivity index (χ1v) is 10.1. The summed E-state index contributed by atoms with van der Waals surface area (Å²) < 4.78 is 8.05. The van der Waals surface area contributed by atoms with Crippen LogP contribution in [0.1, 0.15) is 43.2 Å². The average molecular weight is 408 g/mol. The Kier molecular flexibility index (Phi) is 4.64. The minimum atomic E-state index is -0.423. The van der Waals surface area contributed by atoms with E-state index in [0.29, 0.717) is 41.6 Å². The largest absolute Gasteiger partial charge is 0.494 e. The second-order valence-corrected chi connectivity index (χ2v) is 8.68. The van der Waals surface area contributed by atoms with E-state index in [1.54, 1.807) is 7.05 Å². The van der Waals surface area contributed by atoms with Gasteiger partial charge in [-0.3, -0.25) is 9.59 Å². The van der Waals surface area contributed by atoms with Crippen molar-refractivity contribution in [1.29, 1.82) is 0 Å². The van der Waals surface area contributed by atoms with Crippen LogP contribution in [0.25, 0.3) is 22.2 Å². The maximum atomic E-state index is 13.2. The van der Waals surface area contributed by atoms with E-state index in [9.17, 15) is 14.4 Å². The van der Waals surface area contributed by atoms with Crippen molar-refractivity contribution >= 4 is 16.8 Å². The Morgan fingerprint density at radius 1 is 1.00 bits per heavy atom. The SMILES string of the molecule is CCOc1ccc(-c2c3c([nH+]c4c2c(=O)n(C)c(=O)n4C)CC(C)(C)CC3=O)cc1. The molecule has 0 saturated heterocycles. The number of ether oxygens (including phenoxy) is 1. The molecule has 156 valence electrons. The zero-order valence-corrected chi connectivity index (χ0v) is 18.0. The fraction of sp³-hybridized carbons (Fsp3) is 0.391. The summed E-state index contributed by atoms with van der Waals surface area (Å²) in [5.41, 5.74) is 2.02. The van der Waals surface area contributed by atoms with Gasteiger partial charge in [-0.25, -0.2) is 14.3 Å². The lowest BCUT2D eigenvalue weighted by molar-refractivity contribution is -0.365. The number of benzene rings is 1. The van der Waals surface area contributed by atoms with Crippen LogP contribution in [0, 0.1) is 5.41 Å². The molecule has 0 atom stereocenters. The van der Waals surface area contributed by atoms with Crippen LogP contribution in [0.5, 0.6) is 5.75 Å². The number of carbonyl (C=O) groups is 1. The Balaban J connectivity index is 2.16. The van der Waals surface area contributed by atoms with Crippen LogP contribution in [0.2, 0.25) is 0 Å². The summed E-state index contributed by atoms with van der Waals surface area (Å²) in [6.07, 6.45) is 1.05. The van der Waals surface area contributed by atoms with E-state index in [0.717, 1.165) is 21.6 Å². The number of hydrogen-bond acceptors (Lipinski definition) is 4. The van der Waals surface area contributed by atoms with E-state index in [4.69, 9.17) is 4.74 Å². The molecule has 2 heterocycles. The molecule has 0 amide bonds. The second kappa shape index (κ2) is 6.93. The summed E-state index contributed by atoms with van der Waals surface area (Å²) in [6.45, 7) is 6.56. The van der Waals surface area contributed by atoms with E-state index >= 15 is 0 Å². The number of nitrogens with one attached hydrogen (secondary N) is 1. The number of nitrogens with zero attached hydrogens (tertiary/aromatic N) is 2. The highest BCUT2D eigenvalue weighted by molar-refractivity contribution is 6.09. The Morgan fingerprint density at radius 3 is 2.30 bits per heavy atom. The number of hydrogen-bond donors (Lipinski definition) is 0. The molecule has 1 N–H and O–H groups in total. The lowest BCUT2D eigenvalue weighted by atomic mass is 9.73. The van der Waals surface area contributed by atoms with Crippen LogP contribution in [-0.4, -0.2) is 21.5 Å². The summed E-state index contributed by atoms with van der Waals surface area (Å²) in [5.74, 6) is 0.717. The number of Topliss-reactive ketones (excluding diaryl/α,β-unsaturated/α-hetero) is 1. The van der Waals surface area contributed by atoms with E-state index in [1.165, 1.54) is 11.6 Å². The van der Waals surface area contributed by atoms with Gasteiger partial charge in [0.05, 0.1) is 19.2 Å². The predicted octanol–water partition coefficient (Wildman–Crippen LogP) is 2.27. The molecule has 1 aromatic carbocycles. The van der Waals surface area contributed by atoms with Gasteiger partial charge < -0.3 is 4.74 Å². The van der Waals surface area contributed by atoms with Gasteiger partial charge in [0, 0.05) is 25.5 Å². The number of aryl methyl sites for hydroxylation is 1. The smallest absolute Gasteiger partial charge is 0.417 e. The van der Waals surface area contributed by atoms with E-state index in [1.807, 2.05) is 45.0 Å². The standard InChI is InChI=1S/C23H25N3O4/c1-6-30-14-9-7-13(8-10-14)17-18-15(11-23(2,3)12-16(18)27)24-20-19(17)21(28)26(5)22(29)25(20)4/h7-10H,6,11-12H2,1-5H3/p+1. The molecule has 2 aromatic heterocycles. The van der Waals surface area contributed by atoms with Gasteiger partial charge in [0.25, 0.3) is 11.2 Å². The molecule has 3 aromatic rings. The Bertz CT molecular complexity index is 1300. The van der Waals surface area contributed by atoms with Crippen LogP contribution >= 0.6 is 0 Å². The van der Waals surface area contributed by atoms with E-state index in [-0.39, 0.29) is 11.2 Å². The highest BCUT2D eigenvalue weighted by Gasteiger charge is 2.38. The molecule has 4 rings (SSSR count). The summed E-state index contributed by atoms with van der Waals surface area (Å²) in [6, 6.07) is 7.38. The van der Waals surface area contributed by atoms with E-state index < -0.39 is 11.2 Å². The first-order valence-electron chi connectivity index (χ1n) is 10.1. The molecular weight excluding hydrogens is 382 g/mol. The van der Waals surface area contributed by atoms with Crippen molar-refractivity contribution in [3.8, 4) is 16.9 Å². The summed E-state index contributed by atoms with van der Waals surface area (Å²) in [7, 11) is 3.08. The highest BCUT2D eigenvalue weighted by atomic mass is 16.5. The van der Waals surface area contributed by atoms with Gasteiger partial charge in [-0.1, -0.05) is 26.0 Å². The molecule has 0 aliphatic heterocycles. The molecule has 1 aliphatic rings. The minimum Gasteiger partial charge on any atom is -0.494 e. The van der Waals surface area contributed by atoms with Crippen molar-refractivity contribution in [2.75, 3.05) is 6.61 Å². The summed E-state index contributed by atoms with van der Waals surface area (Å²) in [4.78, 5) is 42.2.